The van der Waals surface area contributed by atoms with Gasteiger partial charge in [0, 0.05) is 50.4 Å². The van der Waals surface area contributed by atoms with Crippen molar-refractivity contribution in [2.45, 2.75) is 52.7 Å². The van der Waals surface area contributed by atoms with E-state index in [0.717, 1.165) is 16.7 Å². The number of hydrogen-bond donors (Lipinski definition) is 1. The van der Waals surface area contributed by atoms with Gasteiger partial charge in [0.25, 0.3) is 0 Å². The molecule has 0 aliphatic carbocycles. The molecule has 11 nitrogen and oxygen atoms in total. The number of Topliss-reactive ketones (excluding diaryl/α,β-unsaturated/α-hetero) is 1. The normalized spacial score (nSPS) is 18.4. The van der Waals surface area contributed by atoms with E-state index < -0.39 is 6.04 Å². The molecule has 0 bridgehead atoms. The minimum Gasteiger partial charge on any atom is -0.347 e. The lowest BCUT2D eigenvalue weighted by Crippen LogP contribution is -2.47. The average molecular weight is 634 g/mol. The van der Waals surface area contributed by atoms with Crippen LogP contribution in [0.15, 0.2) is 47.3 Å². The first-order valence-electron chi connectivity index (χ1n) is 13.7. The van der Waals surface area contributed by atoms with Gasteiger partial charge < -0.3 is 15.1 Å². The van der Waals surface area contributed by atoms with Crippen LogP contribution in [-0.4, -0.2) is 73.4 Å². The predicted molar refractivity (Wildman–Crippen MR) is 164 cm³/mol. The zero-order valence-electron chi connectivity index (χ0n) is 24.4. The molecule has 1 fully saturated rings. The van der Waals surface area contributed by atoms with E-state index in [2.05, 4.69) is 41.3 Å². The molecule has 0 spiro atoms. The van der Waals surface area contributed by atoms with Gasteiger partial charge in [-0.2, -0.15) is 5.10 Å². The summed E-state index contributed by atoms with van der Waals surface area (Å²) in [5, 5.41) is 8.09. The molecule has 0 radical (unpaired) electrons. The number of anilines is 2. The molecule has 4 aromatic rings. The van der Waals surface area contributed by atoms with Crippen molar-refractivity contribution >= 4 is 56.2 Å². The van der Waals surface area contributed by atoms with Gasteiger partial charge in [-0.1, -0.05) is 19.1 Å². The summed E-state index contributed by atoms with van der Waals surface area (Å²) in [5.74, 6) is 0.427. The van der Waals surface area contributed by atoms with Crippen LogP contribution in [0.25, 0.3) is 22.0 Å². The Kier molecular flexibility index (Phi) is 8.09. The molecule has 3 atom stereocenters. The first-order valence-corrected chi connectivity index (χ1v) is 14.5. The van der Waals surface area contributed by atoms with E-state index in [1.165, 1.54) is 6.92 Å². The summed E-state index contributed by atoms with van der Waals surface area (Å²) in [4.78, 5) is 56.4. The van der Waals surface area contributed by atoms with E-state index in [1.54, 1.807) is 22.0 Å². The summed E-state index contributed by atoms with van der Waals surface area (Å²) in [6, 6.07) is 8.47. The molecule has 5 rings (SSSR count). The van der Waals surface area contributed by atoms with Crippen LogP contribution in [0.1, 0.15) is 43.2 Å². The number of nitrogens with zero attached hydrogens (tertiary/aromatic N) is 7. The highest BCUT2D eigenvalue weighted by molar-refractivity contribution is 9.10. The Labute approximate surface area is 252 Å². The number of hydrogen-bond acceptors (Lipinski definition) is 8. The van der Waals surface area contributed by atoms with Gasteiger partial charge in [-0.3, -0.25) is 19.1 Å². The summed E-state index contributed by atoms with van der Waals surface area (Å²) in [6.07, 6.45) is 4.00. The van der Waals surface area contributed by atoms with Crippen LogP contribution in [-0.2, 0) is 16.1 Å². The highest BCUT2D eigenvalue weighted by atomic mass is 79.9. The monoisotopic (exact) mass is 632 g/mol. The fourth-order valence-electron chi connectivity index (χ4n) is 5.34. The first-order chi connectivity index (χ1) is 19.9. The van der Waals surface area contributed by atoms with Crippen molar-refractivity contribution in [1.82, 2.24) is 29.6 Å². The maximum Gasteiger partial charge on any atom is 0.248 e. The molecule has 1 aliphatic rings. The SMILES string of the molecule is CC(=O)c1nn(CC(=O)N2[C@H](C)[C@@H](C)C[C@H]2C(=O)Nc2nc(Br)ccc2C)c2ccc(-c3cnc(N(C)C)nc3)cc12. The number of fused-ring (bicyclic) bond motifs is 1. The van der Waals surface area contributed by atoms with E-state index in [4.69, 9.17) is 0 Å². The number of amides is 2. The number of aryl methyl sites for hydroxylation is 1. The minimum atomic E-state index is -0.659. The summed E-state index contributed by atoms with van der Waals surface area (Å²) in [6.45, 7) is 7.20. The van der Waals surface area contributed by atoms with E-state index in [0.29, 0.717) is 33.7 Å². The Hall–Kier alpha value is -4.19. The van der Waals surface area contributed by atoms with Crippen molar-refractivity contribution in [3.05, 3.63) is 58.6 Å². The maximum atomic E-state index is 13.8. The van der Waals surface area contributed by atoms with Gasteiger partial charge in [0.15, 0.2) is 5.78 Å². The smallest absolute Gasteiger partial charge is 0.248 e. The quantitative estimate of drug-likeness (QED) is 0.233. The van der Waals surface area contributed by atoms with Crippen molar-refractivity contribution in [2.75, 3.05) is 24.3 Å². The summed E-state index contributed by atoms with van der Waals surface area (Å²) < 4.78 is 2.16. The molecule has 218 valence electrons. The van der Waals surface area contributed by atoms with Crippen LogP contribution in [0, 0.1) is 12.8 Å². The van der Waals surface area contributed by atoms with Gasteiger partial charge in [-0.05, 0) is 71.4 Å². The van der Waals surface area contributed by atoms with Gasteiger partial charge in [-0.15, -0.1) is 0 Å². The third kappa shape index (κ3) is 5.63. The second-order valence-electron chi connectivity index (χ2n) is 11.0. The first kappa shape index (κ1) is 29.3. The number of carbonyl (C=O) groups is 3. The van der Waals surface area contributed by atoms with Crippen molar-refractivity contribution in [2.24, 2.45) is 5.92 Å². The summed E-state index contributed by atoms with van der Waals surface area (Å²) in [7, 11) is 3.74. The number of likely N-dealkylation sites (tertiary alicyclic amines) is 1. The molecule has 2 amide bonds. The van der Waals surface area contributed by atoms with Crippen molar-refractivity contribution in [3.63, 3.8) is 0 Å². The van der Waals surface area contributed by atoms with Crippen LogP contribution >= 0.6 is 15.9 Å². The van der Waals surface area contributed by atoms with Crippen LogP contribution < -0.4 is 10.2 Å². The van der Waals surface area contributed by atoms with Gasteiger partial charge >= 0.3 is 0 Å². The Balaban J connectivity index is 1.43. The van der Waals surface area contributed by atoms with Crippen molar-refractivity contribution in [3.8, 4) is 11.1 Å². The van der Waals surface area contributed by atoms with Crippen LogP contribution in [0.4, 0.5) is 11.8 Å². The third-order valence-corrected chi connectivity index (χ3v) is 8.27. The van der Waals surface area contributed by atoms with Gasteiger partial charge in [-0.25, -0.2) is 15.0 Å². The molecule has 4 heterocycles. The van der Waals surface area contributed by atoms with Crippen molar-refractivity contribution < 1.29 is 14.4 Å². The summed E-state index contributed by atoms with van der Waals surface area (Å²) >= 11 is 3.35. The minimum absolute atomic E-state index is 0.112. The second-order valence-corrected chi connectivity index (χ2v) is 11.8. The molecular weight excluding hydrogens is 600 g/mol. The number of benzene rings is 1. The third-order valence-electron chi connectivity index (χ3n) is 7.83. The van der Waals surface area contributed by atoms with Crippen LogP contribution in [0.3, 0.4) is 0 Å². The van der Waals surface area contributed by atoms with E-state index in [9.17, 15) is 14.4 Å². The van der Waals surface area contributed by atoms with Crippen LogP contribution in [0.5, 0.6) is 0 Å². The Morgan fingerprint density at radius 3 is 2.45 bits per heavy atom. The van der Waals surface area contributed by atoms with E-state index >= 15 is 0 Å². The fraction of sp³-hybridized carbons (Fsp3) is 0.367. The largest absolute Gasteiger partial charge is 0.347 e. The standard InChI is InChI=1S/C30H33BrN8O3/c1-16-7-10-25(31)34-28(16)35-29(42)24-11-17(2)18(3)39(24)26(41)15-38-23-9-8-20(12-22(23)27(36-38)19(4)40)21-13-32-30(33-14-21)37(5)6/h7-10,12-14,17-18,24H,11,15H2,1-6H3,(H,34,35,42)/t17-,18+,24-/m0/s1. The molecule has 1 N–H and O–H groups in total. The molecular formula is C30H33BrN8O3. The second kappa shape index (κ2) is 11.6. The van der Waals surface area contributed by atoms with Gasteiger partial charge in [0.1, 0.15) is 28.7 Å². The van der Waals surface area contributed by atoms with Gasteiger partial charge in [0.2, 0.25) is 17.8 Å². The number of ketones is 1. The van der Waals surface area contributed by atoms with Crippen molar-refractivity contribution in [1.29, 1.82) is 0 Å². The average Bonchev–Trinajstić information content (AvgIpc) is 3.47. The number of rotatable bonds is 7. The lowest BCUT2D eigenvalue weighted by molar-refractivity contribution is -0.139. The molecule has 3 aromatic heterocycles. The molecule has 0 unspecified atom stereocenters. The van der Waals surface area contributed by atoms with Crippen LogP contribution in [0.2, 0.25) is 0 Å². The predicted octanol–water partition coefficient (Wildman–Crippen LogP) is 4.49. The number of aromatic nitrogens is 5. The molecule has 1 aromatic carbocycles. The molecule has 1 saturated heterocycles. The zero-order chi connectivity index (χ0) is 30.3. The fourth-order valence-corrected chi connectivity index (χ4v) is 5.65. The number of nitrogens with one attached hydrogen (secondary N) is 1. The van der Waals surface area contributed by atoms with Gasteiger partial charge in [0.05, 0.1) is 5.52 Å². The number of halogens is 1. The maximum absolute atomic E-state index is 13.8. The molecule has 12 heteroatoms. The molecule has 0 saturated carbocycles. The number of carbonyl (C=O) groups excluding carboxylic acids is 3. The zero-order valence-corrected chi connectivity index (χ0v) is 26.0. The number of pyridine rings is 1. The Bertz CT molecular complexity index is 1680. The Morgan fingerprint density at radius 2 is 1.79 bits per heavy atom. The molecule has 1 aliphatic heterocycles. The van der Waals surface area contributed by atoms with E-state index in [-0.39, 0.29) is 41.8 Å². The summed E-state index contributed by atoms with van der Waals surface area (Å²) in [5.41, 5.74) is 3.38. The topological polar surface area (TPSA) is 126 Å². The lowest BCUT2D eigenvalue weighted by Gasteiger charge is -2.28. The Morgan fingerprint density at radius 1 is 1.07 bits per heavy atom. The highest BCUT2D eigenvalue weighted by Crippen LogP contribution is 2.32. The lowest BCUT2D eigenvalue weighted by atomic mass is 10.0. The van der Waals surface area contributed by atoms with E-state index in [1.807, 2.05) is 70.1 Å². The molecule has 42 heavy (non-hydrogen) atoms. The highest BCUT2D eigenvalue weighted by Gasteiger charge is 2.43.